The van der Waals surface area contributed by atoms with E-state index in [2.05, 4.69) is 14.7 Å². The van der Waals surface area contributed by atoms with Gasteiger partial charge in [0.05, 0.1) is 5.69 Å². The number of aryl methyl sites for hydroxylation is 1. The van der Waals surface area contributed by atoms with E-state index in [9.17, 15) is 26.7 Å². The summed E-state index contributed by atoms with van der Waals surface area (Å²) in [6, 6.07) is 11.2. The van der Waals surface area contributed by atoms with E-state index in [0.29, 0.717) is 34.4 Å². The number of hydrogen-bond donors (Lipinski definition) is 0. The Morgan fingerprint density at radius 1 is 1.09 bits per heavy atom. The number of hydrogen-bond acceptors (Lipinski definition) is 6. The van der Waals surface area contributed by atoms with Crippen molar-refractivity contribution in [2.75, 3.05) is 11.5 Å². The standard InChI is InChI=1S/C32H32F5N3O3/c1-6-7-29(42-19-32(35,36)37)39-16-24-17-40(25-10-13-27(21(4)14-25)38-15-20(2)3)28(18-41)30(22(24)5)23-8-11-26(12-9-23)43-31(33)34/h7-17,20,31H,6,19H2,1-5H3/b29-7-,38-15?,39-16?. The molecular weight excluding hydrogens is 569 g/mol. The third-order valence-corrected chi connectivity index (χ3v) is 6.08. The fourth-order valence-electron chi connectivity index (χ4n) is 4.11. The highest BCUT2D eigenvalue weighted by atomic mass is 19.4. The van der Waals surface area contributed by atoms with Crippen LogP contribution in [0.15, 0.2) is 87.5 Å². The second kappa shape index (κ2) is 14.6. The molecule has 2 aromatic carbocycles. The predicted molar refractivity (Wildman–Crippen MR) is 158 cm³/mol. The maximum Gasteiger partial charge on any atom is 0.422 e. The van der Waals surface area contributed by atoms with Crippen molar-refractivity contribution in [3.8, 4) is 5.75 Å². The van der Waals surface area contributed by atoms with Gasteiger partial charge >= 0.3 is 12.8 Å². The molecule has 2 aromatic rings. The van der Waals surface area contributed by atoms with Crippen molar-refractivity contribution in [2.24, 2.45) is 15.9 Å². The lowest BCUT2D eigenvalue weighted by Gasteiger charge is -2.30. The molecule has 0 aliphatic carbocycles. The van der Waals surface area contributed by atoms with Crippen molar-refractivity contribution >= 4 is 35.3 Å². The molecule has 1 aliphatic heterocycles. The summed E-state index contributed by atoms with van der Waals surface area (Å²) >= 11 is 0. The van der Waals surface area contributed by atoms with Crippen LogP contribution in [0.4, 0.5) is 33.3 Å². The molecule has 1 aliphatic rings. The fraction of sp³-hybridized carbons (Fsp3) is 0.312. The lowest BCUT2D eigenvalue weighted by molar-refractivity contribution is -0.165. The van der Waals surface area contributed by atoms with Crippen LogP contribution >= 0.6 is 0 Å². The highest BCUT2D eigenvalue weighted by molar-refractivity contribution is 6.02. The molecule has 0 N–H and O–H groups in total. The smallest absolute Gasteiger partial charge is 0.422 e. The zero-order valence-corrected chi connectivity index (χ0v) is 24.4. The van der Waals surface area contributed by atoms with Gasteiger partial charge in [-0.05, 0) is 79.3 Å². The first-order valence-electron chi connectivity index (χ1n) is 13.4. The number of ether oxygens (including phenoxy) is 2. The molecule has 0 spiro atoms. The summed E-state index contributed by atoms with van der Waals surface area (Å²) in [5, 5.41) is 0. The van der Waals surface area contributed by atoms with Crippen LogP contribution in [-0.2, 0) is 9.53 Å². The van der Waals surface area contributed by atoms with Crippen molar-refractivity contribution in [1.82, 2.24) is 0 Å². The fourth-order valence-corrected chi connectivity index (χ4v) is 4.11. The molecule has 3 rings (SSSR count). The van der Waals surface area contributed by atoms with Gasteiger partial charge in [0.15, 0.2) is 12.5 Å². The summed E-state index contributed by atoms with van der Waals surface area (Å²) in [4.78, 5) is 22.7. The summed E-state index contributed by atoms with van der Waals surface area (Å²) < 4.78 is 73.1. The largest absolute Gasteiger partial charge is 0.468 e. The van der Waals surface area contributed by atoms with Crippen molar-refractivity contribution in [3.05, 3.63) is 88.6 Å². The molecule has 1 heterocycles. The van der Waals surface area contributed by atoms with Crippen molar-refractivity contribution < 1.29 is 36.2 Å². The van der Waals surface area contributed by atoms with Crippen LogP contribution in [0.5, 0.6) is 5.75 Å². The summed E-state index contributed by atoms with van der Waals surface area (Å²) in [6.07, 6.45) is 2.05. The Morgan fingerprint density at radius 3 is 2.35 bits per heavy atom. The molecule has 0 aromatic heterocycles. The summed E-state index contributed by atoms with van der Waals surface area (Å²) in [5.74, 6) is 1.97. The van der Waals surface area contributed by atoms with Crippen molar-refractivity contribution in [2.45, 2.75) is 53.8 Å². The van der Waals surface area contributed by atoms with Crippen LogP contribution in [0.25, 0.3) is 5.57 Å². The molecule has 0 radical (unpaired) electrons. The summed E-state index contributed by atoms with van der Waals surface area (Å²) in [5.41, 5.74) is 4.21. The number of rotatable bonds is 11. The average molecular weight is 602 g/mol. The molecular formula is C32H32F5N3O3. The minimum Gasteiger partial charge on any atom is -0.468 e. The van der Waals surface area contributed by atoms with Gasteiger partial charge in [-0.25, -0.2) is 9.79 Å². The second-order valence-corrected chi connectivity index (χ2v) is 9.91. The van der Waals surface area contributed by atoms with Crippen molar-refractivity contribution in [1.29, 1.82) is 0 Å². The Labute approximate surface area is 247 Å². The van der Waals surface area contributed by atoms with Crippen LogP contribution in [-0.4, -0.2) is 37.8 Å². The van der Waals surface area contributed by atoms with Gasteiger partial charge in [-0.3, -0.25) is 4.99 Å². The van der Waals surface area contributed by atoms with E-state index >= 15 is 0 Å². The van der Waals surface area contributed by atoms with E-state index in [1.165, 1.54) is 36.6 Å². The second-order valence-electron chi connectivity index (χ2n) is 9.91. The first-order chi connectivity index (χ1) is 20.3. The highest BCUT2D eigenvalue weighted by Gasteiger charge is 2.29. The third kappa shape index (κ3) is 9.24. The molecule has 228 valence electrons. The van der Waals surface area contributed by atoms with Crippen LogP contribution in [0.1, 0.15) is 45.2 Å². The minimum absolute atomic E-state index is 0.0667. The molecule has 6 nitrogen and oxygen atoms in total. The Kier molecular flexibility index (Phi) is 11.2. The predicted octanol–water partition coefficient (Wildman–Crippen LogP) is 8.75. The molecule has 11 heteroatoms. The average Bonchev–Trinajstić information content (AvgIpc) is 2.93. The Balaban J connectivity index is 2.14. The summed E-state index contributed by atoms with van der Waals surface area (Å²) in [7, 11) is 0. The first-order valence-corrected chi connectivity index (χ1v) is 13.4. The first kappa shape index (κ1) is 33.0. The number of alkyl halides is 5. The maximum atomic E-state index is 12.8. The zero-order valence-electron chi connectivity index (χ0n) is 24.4. The quantitative estimate of drug-likeness (QED) is 0.112. The molecule has 0 amide bonds. The topological polar surface area (TPSA) is 63.5 Å². The highest BCUT2D eigenvalue weighted by Crippen LogP contribution is 2.39. The molecule has 0 fully saturated rings. The van der Waals surface area contributed by atoms with Crippen LogP contribution in [0, 0.1) is 12.8 Å². The van der Waals surface area contributed by atoms with Gasteiger partial charge in [0.1, 0.15) is 11.4 Å². The lowest BCUT2D eigenvalue weighted by atomic mass is 9.90. The van der Waals surface area contributed by atoms with Gasteiger partial charge in [0.2, 0.25) is 5.88 Å². The van der Waals surface area contributed by atoms with E-state index in [4.69, 9.17) is 4.74 Å². The van der Waals surface area contributed by atoms with Crippen LogP contribution < -0.4 is 9.64 Å². The molecule has 43 heavy (non-hydrogen) atoms. The van der Waals surface area contributed by atoms with Gasteiger partial charge in [-0.1, -0.05) is 32.9 Å². The molecule has 0 unspecified atom stereocenters. The maximum absolute atomic E-state index is 12.8. The molecule has 0 saturated carbocycles. The van der Waals surface area contributed by atoms with E-state index in [0.717, 1.165) is 11.3 Å². The van der Waals surface area contributed by atoms with Crippen LogP contribution in [0.3, 0.4) is 0 Å². The number of nitrogens with zero attached hydrogens (tertiary/aromatic N) is 3. The molecule has 0 bridgehead atoms. The summed E-state index contributed by atoms with van der Waals surface area (Å²) in [6.45, 7) is 4.82. The number of aliphatic imine (C=N–C) groups is 2. The van der Waals surface area contributed by atoms with E-state index in [1.54, 1.807) is 31.0 Å². The van der Waals surface area contributed by atoms with Gasteiger partial charge in [0.25, 0.3) is 0 Å². The minimum atomic E-state index is -4.54. The van der Waals surface area contributed by atoms with E-state index in [-0.39, 0.29) is 23.2 Å². The van der Waals surface area contributed by atoms with Crippen molar-refractivity contribution in [3.63, 3.8) is 0 Å². The van der Waals surface area contributed by atoms with Gasteiger partial charge in [0, 0.05) is 35.5 Å². The van der Waals surface area contributed by atoms with E-state index < -0.39 is 19.4 Å². The number of benzene rings is 2. The molecule has 0 atom stereocenters. The molecule has 0 saturated heterocycles. The normalized spacial score (nSPS) is 14.8. The van der Waals surface area contributed by atoms with Gasteiger partial charge in [-0.15, -0.1) is 0 Å². The number of carbonyl (C=O) groups excluding carboxylic acids is 1. The number of anilines is 1. The Bertz CT molecular complexity index is 1500. The zero-order chi connectivity index (χ0) is 31.7. The van der Waals surface area contributed by atoms with E-state index in [1.807, 2.05) is 45.1 Å². The Morgan fingerprint density at radius 2 is 1.79 bits per heavy atom. The third-order valence-electron chi connectivity index (χ3n) is 6.08. The number of allylic oxidation sites excluding steroid dienone is 4. The Hall–Kier alpha value is -4.50. The van der Waals surface area contributed by atoms with Gasteiger partial charge in [-0.2, -0.15) is 22.0 Å². The SMILES string of the molecule is CC/C=C(/N=CC1=CN(c2ccc(N=CC(C)C)c(C)c2)C(=C=O)C(c2ccc(OC(F)F)cc2)=C1C)OCC(F)(F)F. The lowest BCUT2D eigenvalue weighted by Crippen LogP contribution is -2.23. The van der Waals surface area contributed by atoms with Crippen LogP contribution in [0.2, 0.25) is 0 Å². The number of halogens is 5. The monoisotopic (exact) mass is 601 g/mol. The van der Waals surface area contributed by atoms with Gasteiger partial charge < -0.3 is 14.4 Å².